The van der Waals surface area contributed by atoms with E-state index in [4.69, 9.17) is 11.6 Å². The van der Waals surface area contributed by atoms with Crippen LogP contribution in [0.15, 0.2) is 30.6 Å². The first-order valence-corrected chi connectivity index (χ1v) is 12.0. The van der Waals surface area contributed by atoms with Crippen LogP contribution in [0.1, 0.15) is 56.5 Å². The van der Waals surface area contributed by atoms with Gasteiger partial charge in [-0.3, -0.25) is 9.78 Å². The van der Waals surface area contributed by atoms with Crippen LogP contribution in [0.2, 0.25) is 5.15 Å². The van der Waals surface area contributed by atoms with Crippen LogP contribution in [-0.2, 0) is 29.2 Å². The number of aromatic nitrogens is 2. The highest BCUT2D eigenvalue weighted by Crippen LogP contribution is 2.49. The molecule has 0 spiro atoms. The molecule has 0 radical (unpaired) electrons. The van der Waals surface area contributed by atoms with Crippen molar-refractivity contribution < 1.29 is 14.1 Å². The molecule has 0 saturated carbocycles. The van der Waals surface area contributed by atoms with Crippen molar-refractivity contribution in [2.24, 2.45) is 5.41 Å². The predicted octanol–water partition coefficient (Wildman–Crippen LogP) is 4.80. The fraction of sp³-hybridized carbons (Fsp3) is 0.381. The summed E-state index contributed by atoms with van der Waals surface area (Å²) in [5, 5.41) is 10.1. The highest BCUT2D eigenvalue weighted by molar-refractivity contribution is 8.36. The molecule has 0 aliphatic carbocycles. The largest absolute Gasteiger partial charge is 0.481 e. The Labute approximate surface area is 180 Å². The molecular formula is C21H23ClN2O3S2. The zero-order valence-corrected chi connectivity index (χ0v) is 19.3. The topological polar surface area (TPSA) is 80.2 Å². The first kappa shape index (κ1) is 21.9. The van der Waals surface area contributed by atoms with Crippen LogP contribution >= 0.6 is 11.6 Å². The Bertz CT molecular complexity index is 1100. The number of fused-ring (bicyclic) bond motifs is 1. The van der Waals surface area contributed by atoms with Crippen molar-refractivity contribution in [2.45, 2.75) is 45.8 Å². The van der Waals surface area contributed by atoms with Crippen molar-refractivity contribution in [3.63, 3.8) is 0 Å². The molecule has 0 fully saturated rings. The van der Waals surface area contributed by atoms with E-state index in [-0.39, 0.29) is 6.42 Å². The number of pyridine rings is 2. The standard InChI is InChI=1S/C21H23ClN2O3S2/c1-12-9-16(22)24-11-14(12)18-13(10-20(2,3)19(25)26)17-15(7-6-8-23-17)21(4,5)29(18)28-27/h6-9,11H,10H2,1-5H3,(H,25,26). The van der Waals surface area contributed by atoms with Gasteiger partial charge in [-0.2, -0.15) is 0 Å². The molecule has 154 valence electrons. The second-order valence-corrected chi connectivity index (χ2v) is 12.1. The zero-order valence-electron chi connectivity index (χ0n) is 16.9. The lowest BCUT2D eigenvalue weighted by Gasteiger charge is -2.38. The summed E-state index contributed by atoms with van der Waals surface area (Å²) >= 11 is 6.07. The minimum atomic E-state index is -1.02. The Balaban J connectivity index is 2.45. The average Bonchev–Trinajstić information content (AvgIpc) is 2.64. The molecule has 0 aromatic carbocycles. The van der Waals surface area contributed by atoms with Crippen molar-refractivity contribution in [1.82, 2.24) is 9.97 Å². The van der Waals surface area contributed by atoms with Crippen molar-refractivity contribution >= 4 is 47.7 Å². The Kier molecular flexibility index (Phi) is 5.87. The number of hydrogen-bond donors (Lipinski definition) is 1. The monoisotopic (exact) mass is 450 g/mol. The molecule has 3 rings (SSSR count). The van der Waals surface area contributed by atoms with Crippen LogP contribution in [0, 0.1) is 12.3 Å². The highest BCUT2D eigenvalue weighted by atomic mass is 35.5. The molecule has 2 aromatic heterocycles. The summed E-state index contributed by atoms with van der Waals surface area (Å²) in [6, 6.07) is 5.61. The van der Waals surface area contributed by atoms with Gasteiger partial charge in [-0.25, -0.2) is 9.19 Å². The van der Waals surface area contributed by atoms with Crippen molar-refractivity contribution in [3.8, 4) is 0 Å². The second-order valence-electron chi connectivity index (χ2n) is 8.24. The van der Waals surface area contributed by atoms with Gasteiger partial charge < -0.3 is 5.11 Å². The lowest BCUT2D eigenvalue weighted by atomic mass is 9.81. The number of rotatable bonds is 4. The summed E-state index contributed by atoms with van der Waals surface area (Å²) in [6.45, 7) is 9.39. The summed E-state index contributed by atoms with van der Waals surface area (Å²) in [7, 11) is -0.228. The van der Waals surface area contributed by atoms with Gasteiger partial charge in [0.1, 0.15) is 15.4 Å². The maximum absolute atomic E-state index is 12.4. The smallest absolute Gasteiger partial charge is 0.309 e. The Morgan fingerprint density at radius 2 is 2.03 bits per heavy atom. The Morgan fingerprint density at radius 3 is 2.62 bits per heavy atom. The Morgan fingerprint density at radius 1 is 1.34 bits per heavy atom. The molecule has 2 aromatic rings. The maximum Gasteiger partial charge on any atom is 0.309 e. The number of carbonyl (C=O) groups is 1. The van der Waals surface area contributed by atoms with Gasteiger partial charge in [-0.15, -0.1) is 0 Å². The van der Waals surface area contributed by atoms with E-state index < -0.39 is 25.6 Å². The molecular weight excluding hydrogens is 428 g/mol. The predicted molar refractivity (Wildman–Crippen MR) is 120 cm³/mol. The van der Waals surface area contributed by atoms with E-state index in [0.29, 0.717) is 15.4 Å². The van der Waals surface area contributed by atoms with Crippen molar-refractivity contribution in [1.29, 1.82) is 0 Å². The van der Waals surface area contributed by atoms with Crippen LogP contribution in [0.25, 0.3) is 10.5 Å². The molecule has 3 heterocycles. The number of nitrogens with zero attached hydrogens (tertiary/aromatic N) is 2. The lowest BCUT2D eigenvalue weighted by molar-refractivity contribution is -0.146. The van der Waals surface area contributed by atoms with Crippen LogP contribution in [0.5, 0.6) is 0 Å². The normalized spacial score (nSPS) is 18.3. The van der Waals surface area contributed by atoms with Crippen LogP contribution in [0.4, 0.5) is 0 Å². The quantitative estimate of drug-likeness (QED) is 0.676. The van der Waals surface area contributed by atoms with E-state index in [1.807, 2.05) is 32.9 Å². The third-order valence-electron chi connectivity index (χ3n) is 5.25. The second kappa shape index (κ2) is 7.78. The number of halogens is 1. The molecule has 1 unspecified atom stereocenters. The van der Waals surface area contributed by atoms with E-state index >= 15 is 0 Å². The molecule has 1 atom stereocenters. The highest BCUT2D eigenvalue weighted by Gasteiger charge is 2.41. The maximum atomic E-state index is 12.4. The molecule has 5 nitrogen and oxygen atoms in total. The summed E-state index contributed by atoms with van der Waals surface area (Å²) < 4.78 is 12.0. The number of aryl methyl sites for hydroxylation is 1. The molecule has 1 aliphatic heterocycles. The zero-order chi connectivity index (χ0) is 21.6. The number of carboxylic acids is 1. The fourth-order valence-corrected chi connectivity index (χ4v) is 7.21. The van der Waals surface area contributed by atoms with Gasteiger partial charge >= 0.3 is 5.97 Å². The van der Waals surface area contributed by atoms with E-state index in [2.05, 4.69) is 9.97 Å². The fourth-order valence-electron chi connectivity index (χ4n) is 3.53. The number of aliphatic carboxylic acids is 1. The van der Waals surface area contributed by atoms with Crippen molar-refractivity contribution in [3.05, 3.63) is 58.1 Å². The molecule has 1 aliphatic rings. The molecule has 0 bridgehead atoms. The Hall–Kier alpha value is -1.83. The van der Waals surface area contributed by atoms with E-state index in [1.54, 1.807) is 32.3 Å². The van der Waals surface area contributed by atoms with Gasteiger partial charge in [0.05, 0.1) is 11.1 Å². The minimum absolute atomic E-state index is 0.254. The van der Waals surface area contributed by atoms with E-state index in [1.165, 1.54) is 0 Å². The van der Waals surface area contributed by atoms with E-state index in [9.17, 15) is 14.1 Å². The number of allylic oxidation sites excluding steroid dienone is 1. The summed E-state index contributed by atoms with van der Waals surface area (Å²) in [5.41, 5.74) is 3.22. The first-order chi connectivity index (χ1) is 13.5. The molecule has 29 heavy (non-hydrogen) atoms. The van der Waals surface area contributed by atoms with Gasteiger partial charge in [0, 0.05) is 27.6 Å². The molecule has 1 N–H and O–H groups in total. The van der Waals surface area contributed by atoms with Crippen molar-refractivity contribution in [2.75, 3.05) is 0 Å². The third-order valence-corrected chi connectivity index (χ3v) is 9.74. The minimum Gasteiger partial charge on any atom is -0.481 e. The van der Waals surface area contributed by atoms with Gasteiger partial charge in [-0.05, 0) is 79.3 Å². The molecule has 0 amide bonds. The summed E-state index contributed by atoms with van der Waals surface area (Å²) in [5.74, 6) is -0.896. The SMILES string of the molecule is Cc1cc(Cl)ncc1C1=C(CC(C)(C)C(=O)O)c2ncccc2C(C)(C)S1=S=O. The molecule has 8 heteroatoms. The van der Waals surface area contributed by atoms with E-state index in [0.717, 1.165) is 32.9 Å². The lowest BCUT2D eigenvalue weighted by Crippen LogP contribution is -2.32. The number of carboxylic acid groups (broad SMARTS) is 1. The van der Waals surface area contributed by atoms with Gasteiger partial charge in [0.15, 0.2) is 0 Å². The van der Waals surface area contributed by atoms with Crippen LogP contribution in [-0.4, -0.2) is 25.3 Å². The summed E-state index contributed by atoms with van der Waals surface area (Å²) in [6.07, 6.45) is 3.64. The van der Waals surface area contributed by atoms with Gasteiger partial charge in [0.25, 0.3) is 0 Å². The van der Waals surface area contributed by atoms with Crippen LogP contribution in [0.3, 0.4) is 0 Å². The summed E-state index contributed by atoms with van der Waals surface area (Å²) in [4.78, 5) is 21.6. The van der Waals surface area contributed by atoms with Gasteiger partial charge in [0.2, 0.25) is 0 Å². The third kappa shape index (κ3) is 3.83. The number of hydrogen-bond acceptors (Lipinski definition) is 4. The average molecular weight is 451 g/mol. The first-order valence-electron chi connectivity index (χ1n) is 9.10. The molecule has 0 saturated heterocycles. The van der Waals surface area contributed by atoms with Crippen LogP contribution < -0.4 is 0 Å². The van der Waals surface area contributed by atoms with Gasteiger partial charge in [-0.1, -0.05) is 17.7 Å².